The fraction of sp³-hybridized carbons (Fsp3) is 0. The smallest absolute Gasteiger partial charge is 0.179 e. The van der Waals surface area contributed by atoms with Crippen molar-refractivity contribution in [2.45, 2.75) is 0 Å². The Morgan fingerprint density at radius 2 is 0.771 bits per heavy atom. The first-order valence-corrected chi connectivity index (χ1v) is 26.1. The third-order valence-corrected chi connectivity index (χ3v) is 19.4. The second kappa shape index (κ2) is 16.1. The third kappa shape index (κ3) is 6.07. The molecule has 0 spiro atoms. The highest BCUT2D eigenvalue weighted by Gasteiger charge is 2.41. The topological polar surface area (TPSA) is 23.0 Å². The first kappa shape index (κ1) is 40.1. The Balaban J connectivity index is 1.07. The van der Waals surface area contributed by atoms with E-state index in [0.717, 1.165) is 55.5 Å². The molecule has 0 atom stereocenters. The van der Waals surface area contributed by atoms with Crippen LogP contribution in [-0.4, -0.2) is 17.2 Å². The van der Waals surface area contributed by atoms with E-state index >= 15 is 0 Å². The van der Waals surface area contributed by atoms with E-state index in [1.165, 1.54) is 64.5 Å². The lowest BCUT2D eigenvalue weighted by atomic mass is 9.94. The molecule has 0 bridgehead atoms. The summed E-state index contributed by atoms with van der Waals surface area (Å²) in [6.07, 6.45) is 0. The summed E-state index contributed by atoms with van der Waals surface area (Å²) in [5.41, 5.74) is 13.3. The molecule has 0 saturated carbocycles. The van der Waals surface area contributed by atoms with Gasteiger partial charge in [-0.2, -0.15) is 0 Å². The maximum atomic E-state index is 6.89. The van der Waals surface area contributed by atoms with Crippen molar-refractivity contribution >= 4 is 94.4 Å². The van der Waals surface area contributed by atoms with Crippen LogP contribution < -0.4 is 20.7 Å². The number of nitrogens with zero attached hydrogens (tertiary/aromatic N) is 2. The Bertz CT molecular complexity index is 4170. The first-order valence-electron chi connectivity index (χ1n) is 24.1. The number of furan rings is 1. The lowest BCUT2D eigenvalue weighted by Crippen LogP contribution is -2.74. The summed E-state index contributed by atoms with van der Waals surface area (Å²) in [5, 5.41) is 12.5. The summed E-state index contributed by atoms with van der Waals surface area (Å²) in [6.45, 7) is 0. The molecule has 4 heteroatoms. The van der Waals surface area contributed by atoms with Gasteiger partial charge in [-0.1, -0.05) is 200 Å². The summed E-state index contributed by atoms with van der Waals surface area (Å²) in [6, 6.07) is 98.2. The van der Waals surface area contributed by atoms with E-state index in [1.807, 2.05) is 0 Å². The predicted molar refractivity (Wildman–Crippen MR) is 297 cm³/mol. The zero-order valence-corrected chi connectivity index (χ0v) is 39.2. The first-order chi connectivity index (χ1) is 34.7. The second-order valence-corrected chi connectivity index (χ2v) is 22.2. The van der Waals surface area contributed by atoms with Crippen LogP contribution in [0.25, 0.3) is 99.2 Å². The average molecular weight is 909 g/mol. The zero-order valence-electron chi connectivity index (χ0n) is 38.2. The number of fused-ring (bicyclic) bond motifs is 9. The van der Waals surface area contributed by atoms with Gasteiger partial charge in [0.05, 0.1) is 22.1 Å². The Morgan fingerprint density at radius 1 is 0.286 bits per heavy atom. The van der Waals surface area contributed by atoms with Crippen LogP contribution in [0, 0.1) is 0 Å². The SMILES string of the molecule is c1ccc(-c2ccc(-c3ccc4c(c3)c3cc([Si](c5ccccc5)(c5ccccc5)c5ccccc5)ccc3n4-c3ccc4c(c3)c3ccccc3n4-c3ccccc3)c3oc4ccccc4c23)cc1. The highest BCUT2D eigenvalue weighted by atomic mass is 28.3. The number of hydrogen-bond acceptors (Lipinski definition) is 1. The average Bonchev–Trinajstić information content (AvgIpc) is 4.10. The van der Waals surface area contributed by atoms with Gasteiger partial charge < -0.3 is 13.6 Å². The molecule has 0 radical (unpaired) electrons. The molecule has 3 nitrogen and oxygen atoms in total. The summed E-state index contributed by atoms with van der Waals surface area (Å²) >= 11 is 0. The zero-order chi connectivity index (χ0) is 46.2. The van der Waals surface area contributed by atoms with E-state index < -0.39 is 8.07 Å². The molecular weight excluding hydrogens is 865 g/mol. The Hall–Kier alpha value is -8.96. The maximum Gasteiger partial charge on any atom is 0.179 e. The van der Waals surface area contributed by atoms with Crippen LogP contribution in [0.5, 0.6) is 0 Å². The van der Waals surface area contributed by atoms with Crippen LogP contribution >= 0.6 is 0 Å². The second-order valence-electron chi connectivity index (χ2n) is 18.4. The van der Waals surface area contributed by atoms with E-state index in [2.05, 4.69) is 276 Å². The molecule has 0 N–H and O–H groups in total. The molecule has 0 aliphatic heterocycles. The molecular formula is C66H44N2OSi. The van der Waals surface area contributed by atoms with Gasteiger partial charge in [0.25, 0.3) is 0 Å². The van der Waals surface area contributed by atoms with Crippen LogP contribution in [0.3, 0.4) is 0 Å². The predicted octanol–water partition coefficient (Wildman–Crippen LogP) is 14.5. The summed E-state index contributed by atoms with van der Waals surface area (Å²) < 4.78 is 11.8. The number of aromatic nitrogens is 2. The van der Waals surface area contributed by atoms with E-state index in [9.17, 15) is 0 Å². The Kier molecular flexibility index (Phi) is 9.23. The van der Waals surface area contributed by atoms with Gasteiger partial charge in [-0.25, -0.2) is 0 Å². The molecule has 3 aromatic heterocycles. The normalized spacial score (nSPS) is 12.0. The molecule has 11 aromatic carbocycles. The van der Waals surface area contributed by atoms with Crippen molar-refractivity contribution < 1.29 is 4.42 Å². The maximum absolute atomic E-state index is 6.89. The van der Waals surface area contributed by atoms with Crippen molar-refractivity contribution in [2.24, 2.45) is 0 Å². The van der Waals surface area contributed by atoms with Gasteiger partial charge in [0.1, 0.15) is 11.2 Å². The number of rotatable bonds is 8. The molecule has 0 amide bonds. The highest BCUT2D eigenvalue weighted by molar-refractivity contribution is 7.20. The van der Waals surface area contributed by atoms with Crippen LogP contribution in [0.2, 0.25) is 0 Å². The molecule has 0 unspecified atom stereocenters. The molecule has 3 heterocycles. The van der Waals surface area contributed by atoms with Crippen LogP contribution in [-0.2, 0) is 0 Å². The van der Waals surface area contributed by atoms with Gasteiger partial charge in [0, 0.05) is 49.3 Å². The van der Waals surface area contributed by atoms with Crippen LogP contribution in [0.4, 0.5) is 0 Å². The number of benzene rings is 11. The third-order valence-electron chi connectivity index (χ3n) is 14.7. The lowest BCUT2D eigenvalue weighted by molar-refractivity contribution is 0.670. The summed E-state index contributed by atoms with van der Waals surface area (Å²) in [5.74, 6) is 0. The summed E-state index contributed by atoms with van der Waals surface area (Å²) in [7, 11) is -2.87. The molecule has 328 valence electrons. The van der Waals surface area contributed by atoms with Gasteiger partial charge >= 0.3 is 0 Å². The largest absolute Gasteiger partial charge is 0.455 e. The van der Waals surface area contributed by atoms with Gasteiger partial charge in [-0.15, -0.1) is 0 Å². The van der Waals surface area contributed by atoms with Gasteiger partial charge in [-0.3, -0.25) is 0 Å². The molecule has 70 heavy (non-hydrogen) atoms. The van der Waals surface area contributed by atoms with Gasteiger partial charge in [-0.05, 0) is 104 Å². The van der Waals surface area contributed by atoms with Crippen LogP contribution in [0.15, 0.2) is 271 Å². The van der Waals surface area contributed by atoms with E-state index in [-0.39, 0.29) is 0 Å². The lowest BCUT2D eigenvalue weighted by Gasteiger charge is -2.34. The van der Waals surface area contributed by atoms with Gasteiger partial charge in [0.15, 0.2) is 8.07 Å². The standard InChI is InChI=1S/C66H44N2OSi/c1-6-20-45(21-7-1)53-37-38-54(66-65(53)56-31-17-19-33-64(56)69-66)46-34-39-61-57(42-46)59-44-52(70(49-24-10-3-11-25-49,50-26-12-4-13-27-50)51-28-14-5-15-29-51)36-41-63(59)68(61)48-35-40-62-58(43-48)55-30-16-18-32-60(55)67(62)47-22-8-2-9-23-47/h1-44H. The number of hydrogen-bond donors (Lipinski definition) is 0. The molecule has 0 aliphatic carbocycles. The Morgan fingerprint density at radius 3 is 1.44 bits per heavy atom. The van der Waals surface area contributed by atoms with Crippen molar-refractivity contribution in [3.8, 4) is 33.6 Å². The van der Waals surface area contributed by atoms with E-state index in [0.29, 0.717) is 0 Å². The molecule has 0 saturated heterocycles. The minimum atomic E-state index is -2.87. The minimum Gasteiger partial charge on any atom is -0.455 e. The molecule has 14 rings (SSSR count). The van der Waals surface area contributed by atoms with Crippen molar-refractivity contribution in [1.29, 1.82) is 0 Å². The monoisotopic (exact) mass is 908 g/mol. The molecule has 0 aliphatic rings. The fourth-order valence-corrected chi connectivity index (χ4v) is 16.4. The van der Waals surface area contributed by atoms with Crippen molar-refractivity contribution in [3.05, 3.63) is 267 Å². The summed E-state index contributed by atoms with van der Waals surface area (Å²) in [4.78, 5) is 0. The minimum absolute atomic E-state index is 0.887. The Labute approximate surface area is 406 Å². The van der Waals surface area contributed by atoms with Crippen molar-refractivity contribution in [3.63, 3.8) is 0 Å². The van der Waals surface area contributed by atoms with Crippen molar-refractivity contribution in [2.75, 3.05) is 0 Å². The molecule has 0 fully saturated rings. The highest BCUT2D eigenvalue weighted by Crippen LogP contribution is 2.44. The molecule has 14 aromatic rings. The van der Waals surface area contributed by atoms with Crippen molar-refractivity contribution in [1.82, 2.24) is 9.13 Å². The van der Waals surface area contributed by atoms with E-state index in [4.69, 9.17) is 4.42 Å². The fourth-order valence-electron chi connectivity index (χ4n) is 11.6. The quantitative estimate of drug-likeness (QED) is 0.110. The van der Waals surface area contributed by atoms with E-state index in [1.54, 1.807) is 0 Å². The van der Waals surface area contributed by atoms with Gasteiger partial charge in [0.2, 0.25) is 0 Å². The van der Waals surface area contributed by atoms with Crippen LogP contribution in [0.1, 0.15) is 0 Å². The number of para-hydroxylation sites is 3.